The lowest BCUT2D eigenvalue weighted by molar-refractivity contribution is 0.616. The van der Waals surface area contributed by atoms with Crippen molar-refractivity contribution in [3.63, 3.8) is 0 Å². The molecule has 0 unspecified atom stereocenters. The number of hydrogen-bond acceptors (Lipinski definition) is 5. The zero-order valence-corrected chi connectivity index (χ0v) is 12.4. The fourth-order valence-electron chi connectivity index (χ4n) is 1.64. The maximum Gasteiger partial charge on any atom is 0.287 e. The summed E-state index contributed by atoms with van der Waals surface area (Å²) in [6.07, 6.45) is 2.38. The third-order valence-electron chi connectivity index (χ3n) is 2.61. The maximum atomic E-state index is 11.8. The lowest BCUT2D eigenvalue weighted by atomic mass is 10.4. The number of nitrogens with zero attached hydrogens (tertiary/aromatic N) is 3. The van der Waals surface area contributed by atoms with Gasteiger partial charge in [0.1, 0.15) is 5.02 Å². The Morgan fingerprint density at radius 3 is 2.95 bits per heavy atom. The van der Waals surface area contributed by atoms with Crippen molar-refractivity contribution in [3.8, 4) is 0 Å². The molecule has 0 aromatic carbocycles. The van der Waals surface area contributed by atoms with E-state index in [1.54, 1.807) is 17.5 Å². The Bertz CT molecular complexity index is 622. The van der Waals surface area contributed by atoms with E-state index in [1.807, 2.05) is 19.2 Å². The summed E-state index contributed by atoms with van der Waals surface area (Å²) in [6, 6.07) is 0. The first-order chi connectivity index (χ1) is 9.11. The molecular formula is C12H15ClN4OS. The summed E-state index contributed by atoms with van der Waals surface area (Å²) in [5, 5.41) is 10.4. The summed E-state index contributed by atoms with van der Waals surface area (Å²) in [5.74, 6) is 0. The summed E-state index contributed by atoms with van der Waals surface area (Å²) in [7, 11) is 0. The van der Waals surface area contributed by atoms with Gasteiger partial charge in [0.15, 0.2) is 0 Å². The summed E-state index contributed by atoms with van der Waals surface area (Å²) in [6.45, 7) is 5.00. The van der Waals surface area contributed by atoms with Gasteiger partial charge in [0.05, 0.1) is 16.9 Å². The van der Waals surface area contributed by atoms with Gasteiger partial charge >= 0.3 is 0 Å². The molecular weight excluding hydrogens is 284 g/mol. The quantitative estimate of drug-likeness (QED) is 0.920. The van der Waals surface area contributed by atoms with Crippen molar-refractivity contribution in [2.75, 3.05) is 11.9 Å². The monoisotopic (exact) mass is 298 g/mol. The Kier molecular flexibility index (Phi) is 4.55. The molecule has 0 bridgehead atoms. The van der Waals surface area contributed by atoms with Gasteiger partial charge < -0.3 is 5.32 Å². The van der Waals surface area contributed by atoms with Gasteiger partial charge in [-0.25, -0.2) is 9.67 Å². The molecule has 0 amide bonds. The van der Waals surface area contributed by atoms with Crippen LogP contribution in [0.15, 0.2) is 16.4 Å². The topological polar surface area (TPSA) is 59.8 Å². The summed E-state index contributed by atoms with van der Waals surface area (Å²) < 4.78 is 1.33. The van der Waals surface area contributed by atoms with Crippen LogP contribution in [-0.4, -0.2) is 21.3 Å². The van der Waals surface area contributed by atoms with E-state index in [4.69, 9.17) is 11.6 Å². The van der Waals surface area contributed by atoms with Crippen LogP contribution in [0.3, 0.4) is 0 Å². The van der Waals surface area contributed by atoms with Gasteiger partial charge in [-0.3, -0.25) is 4.79 Å². The van der Waals surface area contributed by atoms with Crippen LogP contribution in [0, 0.1) is 6.92 Å². The lowest BCUT2D eigenvalue weighted by Gasteiger charge is -2.08. The highest BCUT2D eigenvalue weighted by atomic mass is 35.5. The van der Waals surface area contributed by atoms with Crippen molar-refractivity contribution in [2.45, 2.75) is 26.8 Å². The van der Waals surface area contributed by atoms with Gasteiger partial charge in [0.2, 0.25) is 0 Å². The Morgan fingerprint density at radius 2 is 2.32 bits per heavy atom. The van der Waals surface area contributed by atoms with Crippen molar-refractivity contribution in [1.82, 2.24) is 14.8 Å². The third-order valence-corrected chi connectivity index (χ3v) is 4.00. The zero-order chi connectivity index (χ0) is 13.8. The zero-order valence-electron chi connectivity index (χ0n) is 10.8. The van der Waals surface area contributed by atoms with Gasteiger partial charge in [-0.15, -0.1) is 11.3 Å². The highest BCUT2D eigenvalue weighted by Crippen LogP contribution is 2.15. The molecule has 0 radical (unpaired) electrons. The average molecular weight is 299 g/mol. The fourth-order valence-corrected chi connectivity index (χ4v) is 2.62. The van der Waals surface area contributed by atoms with Gasteiger partial charge in [-0.05, 0) is 13.8 Å². The molecule has 2 rings (SSSR count). The van der Waals surface area contributed by atoms with E-state index >= 15 is 0 Å². The first-order valence-corrected chi connectivity index (χ1v) is 7.28. The molecule has 2 aromatic heterocycles. The summed E-state index contributed by atoms with van der Waals surface area (Å²) in [4.78, 5) is 16.1. The molecule has 0 saturated heterocycles. The second kappa shape index (κ2) is 6.16. The number of halogens is 1. The molecule has 2 aromatic rings. The first-order valence-electron chi connectivity index (χ1n) is 6.02. The number of anilines is 1. The molecule has 19 heavy (non-hydrogen) atoms. The Labute approximate surface area is 120 Å². The predicted octanol–water partition coefficient (Wildman–Crippen LogP) is 2.34. The maximum absolute atomic E-state index is 11.8. The van der Waals surface area contributed by atoms with Crippen molar-refractivity contribution in [2.24, 2.45) is 0 Å². The predicted molar refractivity (Wildman–Crippen MR) is 78.2 cm³/mol. The van der Waals surface area contributed by atoms with Crippen molar-refractivity contribution in [1.29, 1.82) is 0 Å². The van der Waals surface area contributed by atoms with Gasteiger partial charge in [0.25, 0.3) is 5.56 Å². The molecule has 0 saturated carbocycles. The number of thiazole rings is 1. The van der Waals surface area contributed by atoms with Crippen molar-refractivity contribution < 1.29 is 0 Å². The highest BCUT2D eigenvalue weighted by molar-refractivity contribution is 7.09. The van der Waals surface area contributed by atoms with E-state index in [0.717, 1.165) is 17.1 Å². The summed E-state index contributed by atoms with van der Waals surface area (Å²) >= 11 is 7.65. The van der Waals surface area contributed by atoms with Crippen LogP contribution in [0.25, 0.3) is 0 Å². The van der Waals surface area contributed by atoms with Gasteiger partial charge in [-0.2, -0.15) is 5.10 Å². The Balaban J connectivity index is 2.00. The smallest absolute Gasteiger partial charge is 0.287 e. The second-order valence-corrected chi connectivity index (χ2v) is 5.37. The van der Waals surface area contributed by atoms with E-state index in [0.29, 0.717) is 18.8 Å². The normalized spacial score (nSPS) is 10.7. The van der Waals surface area contributed by atoms with Gasteiger partial charge in [-0.1, -0.05) is 11.6 Å². The standard InChI is InChI=1S/C12H15ClN4OS/c1-3-17-12(18)11(13)9(6-15-17)14-5-4-10-16-8(2)7-19-10/h6-7,14H,3-5H2,1-2H3. The van der Waals surface area contributed by atoms with Crippen LogP contribution < -0.4 is 10.9 Å². The van der Waals surface area contributed by atoms with Crippen LogP contribution in [0.2, 0.25) is 5.02 Å². The van der Waals surface area contributed by atoms with Crippen LogP contribution in [0.4, 0.5) is 5.69 Å². The van der Waals surface area contributed by atoms with E-state index in [1.165, 1.54) is 4.68 Å². The van der Waals surface area contributed by atoms with Crippen molar-refractivity contribution >= 4 is 28.6 Å². The van der Waals surface area contributed by atoms with Crippen LogP contribution in [0.5, 0.6) is 0 Å². The number of nitrogens with one attached hydrogen (secondary N) is 1. The minimum Gasteiger partial charge on any atom is -0.382 e. The number of rotatable bonds is 5. The minimum absolute atomic E-state index is 0.187. The highest BCUT2D eigenvalue weighted by Gasteiger charge is 2.08. The van der Waals surface area contributed by atoms with E-state index < -0.39 is 0 Å². The van der Waals surface area contributed by atoms with E-state index in [9.17, 15) is 4.79 Å². The Hall–Kier alpha value is -1.40. The largest absolute Gasteiger partial charge is 0.382 e. The molecule has 5 nitrogen and oxygen atoms in total. The molecule has 1 N–H and O–H groups in total. The van der Waals surface area contributed by atoms with Crippen LogP contribution >= 0.6 is 22.9 Å². The number of aryl methyl sites for hydroxylation is 2. The molecule has 102 valence electrons. The van der Waals surface area contributed by atoms with Crippen LogP contribution in [0.1, 0.15) is 17.6 Å². The van der Waals surface area contributed by atoms with Gasteiger partial charge in [0, 0.05) is 30.6 Å². The van der Waals surface area contributed by atoms with Crippen LogP contribution in [-0.2, 0) is 13.0 Å². The van der Waals surface area contributed by atoms with Crippen molar-refractivity contribution in [3.05, 3.63) is 37.7 Å². The molecule has 0 fully saturated rings. The molecule has 0 aliphatic rings. The summed E-state index contributed by atoms with van der Waals surface area (Å²) in [5.41, 5.74) is 1.34. The Morgan fingerprint density at radius 1 is 1.53 bits per heavy atom. The van der Waals surface area contributed by atoms with E-state index in [-0.39, 0.29) is 10.6 Å². The average Bonchev–Trinajstić information content (AvgIpc) is 2.81. The lowest BCUT2D eigenvalue weighted by Crippen LogP contribution is -2.23. The SMILES string of the molecule is CCn1ncc(NCCc2nc(C)cs2)c(Cl)c1=O. The number of hydrogen-bond donors (Lipinski definition) is 1. The minimum atomic E-state index is -0.265. The fraction of sp³-hybridized carbons (Fsp3) is 0.417. The molecule has 2 heterocycles. The molecule has 7 heteroatoms. The third kappa shape index (κ3) is 3.33. The molecule has 0 aliphatic heterocycles. The molecule has 0 aliphatic carbocycles. The number of aromatic nitrogens is 3. The first kappa shape index (κ1) is 14.0. The second-order valence-electron chi connectivity index (χ2n) is 4.05. The van der Waals surface area contributed by atoms with E-state index in [2.05, 4.69) is 15.4 Å². The molecule has 0 atom stereocenters. The molecule has 0 spiro atoms.